The van der Waals surface area contributed by atoms with E-state index >= 15 is 0 Å². The standard InChI is InChI=1S/C43H82O6/c1-5-7-9-11-12-13-14-15-16-17-18-19-20-23-27-30-34-41(44)47-37-40(49-43(46)36-32-25-10-8-6-2)38-48-42(45)35-31-28-24-21-22-26-29-33-39(3)4/h39-40H,5-38H2,1-4H3/t40-/m0/s1. The first-order chi connectivity index (χ1) is 23.9. The van der Waals surface area contributed by atoms with Crippen LogP contribution in [-0.4, -0.2) is 37.2 Å². The van der Waals surface area contributed by atoms with Crippen molar-refractivity contribution in [3.05, 3.63) is 0 Å². The lowest BCUT2D eigenvalue weighted by atomic mass is 10.0. The van der Waals surface area contributed by atoms with Crippen LogP contribution < -0.4 is 0 Å². The van der Waals surface area contributed by atoms with E-state index in [2.05, 4.69) is 27.7 Å². The Balaban J connectivity index is 4.13. The lowest BCUT2D eigenvalue weighted by Crippen LogP contribution is -2.30. The molecule has 0 spiro atoms. The fourth-order valence-corrected chi connectivity index (χ4v) is 6.27. The van der Waals surface area contributed by atoms with Crippen molar-refractivity contribution in [1.29, 1.82) is 0 Å². The molecule has 0 N–H and O–H groups in total. The van der Waals surface area contributed by atoms with Gasteiger partial charge in [0.05, 0.1) is 0 Å². The minimum Gasteiger partial charge on any atom is -0.462 e. The maximum atomic E-state index is 12.5. The molecule has 0 saturated heterocycles. The van der Waals surface area contributed by atoms with Gasteiger partial charge in [-0.3, -0.25) is 14.4 Å². The van der Waals surface area contributed by atoms with Gasteiger partial charge < -0.3 is 14.2 Å². The predicted octanol–water partition coefficient (Wildman–Crippen LogP) is 13.2. The van der Waals surface area contributed by atoms with Crippen LogP contribution in [0.2, 0.25) is 0 Å². The van der Waals surface area contributed by atoms with E-state index in [1.54, 1.807) is 0 Å². The summed E-state index contributed by atoms with van der Waals surface area (Å²) < 4.78 is 16.5. The van der Waals surface area contributed by atoms with Gasteiger partial charge in [-0.15, -0.1) is 0 Å². The Bertz CT molecular complexity index is 736. The molecule has 0 saturated carbocycles. The first-order valence-corrected chi connectivity index (χ1v) is 21.4. The molecule has 6 nitrogen and oxygen atoms in total. The van der Waals surface area contributed by atoms with Gasteiger partial charge in [-0.1, -0.05) is 195 Å². The monoisotopic (exact) mass is 695 g/mol. The summed E-state index contributed by atoms with van der Waals surface area (Å²) in [7, 11) is 0. The molecule has 0 aliphatic carbocycles. The van der Waals surface area contributed by atoms with E-state index in [0.717, 1.165) is 70.1 Å². The van der Waals surface area contributed by atoms with Crippen molar-refractivity contribution < 1.29 is 28.6 Å². The summed E-state index contributed by atoms with van der Waals surface area (Å²) in [6, 6.07) is 0. The average molecular weight is 695 g/mol. The van der Waals surface area contributed by atoms with E-state index in [-0.39, 0.29) is 31.1 Å². The highest BCUT2D eigenvalue weighted by Gasteiger charge is 2.19. The van der Waals surface area contributed by atoms with Gasteiger partial charge in [0.1, 0.15) is 13.2 Å². The van der Waals surface area contributed by atoms with E-state index < -0.39 is 6.10 Å². The van der Waals surface area contributed by atoms with E-state index in [4.69, 9.17) is 14.2 Å². The lowest BCUT2D eigenvalue weighted by molar-refractivity contribution is -0.167. The molecular formula is C43H82O6. The number of carbonyl (C=O) groups excluding carboxylic acids is 3. The van der Waals surface area contributed by atoms with Crippen LogP contribution in [0.25, 0.3) is 0 Å². The van der Waals surface area contributed by atoms with Crippen molar-refractivity contribution in [2.45, 2.75) is 239 Å². The van der Waals surface area contributed by atoms with Crippen molar-refractivity contribution in [1.82, 2.24) is 0 Å². The quantitative estimate of drug-likeness (QED) is 0.0364. The van der Waals surface area contributed by atoms with Crippen molar-refractivity contribution in [2.75, 3.05) is 13.2 Å². The fourth-order valence-electron chi connectivity index (χ4n) is 6.27. The zero-order chi connectivity index (χ0) is 36.0. The third kappa shape index (κ3) is 37.5. The zero-order valence-electron chi connectivity index (χ0n) is 33.1. The molecule has 0 bridgehead atoms. The third-order valence-corrected chi connectivity index (χ3v) is 9.54. The second-order valence-electron chi connectivity index (χ2n) is 15.1. The van der Waals surface area contributed by atoms with Crippen LogP contribution in [-0.2, 0) is 28.6 Å². The number of hydrogen-bond donors (Lipinski definition) is 0. The molecule has 0 aromatic rings. The molecule has 290 valence electrons. The molecule has 49 heavy (non-hydrogen) atoms. The van der Waals surface area contributed by atoms with Gasteiger partial charge in [0.15, 0.2) is 6.10 Å². The number of esters is 3. The van der Waals surface area contributed by atoms with Crippen LogP contribution in [0.3, 0.4) is 0 Å². The minimum atomic E-state index is -0.757. The zero-order valence-corrected chi connectivity index (χ0v) is 33.1. The van der Waals surface area contributed by atoms with Crippen molar-refractivity contribution >= 4 is 17.9 Å². The van der Waals surface area contributed by atoms with Gasteiger partial charge in [-0.05, 0) is 25.2 Å². The number of rotatable bonds is 38. The van der Waals surface area contributed by atoms with Gasteiger partial charge in [0.25, 0.3) is 0 Å². The normalized spacial score (nSPS) is 11.9. The van der Waals surface area contributed by atoms with Crippen molar-refractivity contribution in [3.8, 4) is 0 Å². The molecule has 0 aliphatic rings. The lowest BCUT2D eigenvalue weighted by Gasteiger charge is -2.18. The highest BCUT2D eigenvalue weighted by molar-refractivity contribution is 5.71. The minimum absolute atomic E-state index is 0.0661. The number of hydrogen-bond acceptors (Lipinski definition) is 6. The van der Waals surface area contributed by atoms with Crippen LogP contribution in [0.1, 0.15) is 233 Å². The second kappa shape index (κ2) is 37.7. The van der Waals surface area contributed by atoms with Gasteiger partial charge in [0.2, 0.25) is 0 Å². The molecule has 0 unspecified atom stereocenters. The Morgan fingerprint density at radius 2 is 0.673 bits per heavy atom. The van der Waals surface area contributed by atoms with E-state index in [0.29, 0.717) is 19.3 Å². The Morgan fingerprint density at radius 1 is 0.388 bits per heavy atom. The van der Waals surface area contributed by atoms with Crippen LogP contribution in [0.5, 0.6) is 0 Å². The topological polar surface area (TPSA) is 78.9 Å². The smallest absolute Gasteiger partial charge is 0.306 e. The summed E-state index contributed by atoms with van der Waals surface area (Å²) in [5.74, 6) is -0.0939. The highest BCUT2D eigenvalue weighted by atomic mass is 16.6. The maximum absolute atomic E-state index is 12.5. The Labute approximate surface area is 304 Å². The summed E-state index contributed by atoms with van der Waals surface area (Å²) in [6.45, 7) is 8.85. The van der Waals surface area contributed by atoms with Gasteiger partial charge in [-0.2, -0.15) is 0 Å². The molecule has 0 amide bonds. The Kier molecular flexibility index (Phi) is 36.4. The van der Waals surface area contributed by atoms with Gasteiger partial charge in [0, 0.05) is 19.3 Å². The molecule has 0 rings (SSSR count). The number of unbranched alkanes of at least 4 members (excludes halogenated alkanes) is 25. The first kappa shape index (κ1) is 47.4. The molecule has 1 atom stereocenters. The molecule has 0 aromatic carbocycles. The molecule has 0 fully saturated rings. The first-order valence-electron chi connectivity index (χ1n) is 21.4. The molecule has 0 heterocycles. The highest BCUT2D eigenvalue weighted by Crippen LogP contribution is 2.16. The molecular weight excluding hydrogens is 612 g/mol. The van der Waals surface area contributed by atoms with Gasteiger partial charge in [-0.25, -0.2) is 0 Å². The van der Waals surface area contributed by atoms with Gasteiger partial charge >= 0.3 is 17.9 Å². The summed E-state index contributed by atoms with van der Waals surface area (Å²) in [5.41, 5.74) is 0. The van der Waals surface area contributed by atoms with Crippen molar-refractivity contribution in [2.24, 2.45) is 5.92 Å². The Hall–Kier alpha value is -1.59. The van der Waals surface area contributed by atoms with E-state index in [1.165, 1.54) is 122 Å². The molecule has 6 heteroatoms. The SMILES string of the molecule is CCCCCCCCCCCCCCCCCCC(=O)OC[C@@H](COC(=O)CCCCCCCCCC(C)C)OC(=O)CCCCCCC. The molecule has 0 aliphatic heterocycles. The summed E-state index contributed by atoms with van der Waals surface area (Å²) in [4.78, 5) is 37.3. The van der Waals surface area contributed by atoms with Crippen LogP contribution in [0.4, 0.5) is 0 Å². The van der Waals surface area contributed by atoms with Crippen LogP contribution in [0, 0.1) is 5.92 Å². The van der Waals surface area contributed by atoms with E-state index in [1.807, 2.05) is 0 Å². The fraction of sp³-hybridized carbons (Fsp3) is 0.930. The largest absolute Gasteiger partial charge is 0.462 e. The summed E-state index contributed by atoms with van der Waals surface area (Å²) in [5, 5.41) is 0. The summed E-state index contributed by atoms with van der Waals surface area (Å²) >= 11 is 0. The van der Waals surface area contributed by atoms with E-state index in [9.17, 15) is 14.4 Å². The van der Waals surface area contributed by atoms with Crippen molar-refractivity contribution in [3.63, 3.8) is 0 Å². The average Bonchev–Trinajstić information content (AvgIpc) is 3.08. The number of ether oxygens (including phenoxy) is 3. The number of carbonyl (C=O) groups is 3. The summed E-state index contributed by atoms with van der Waals surface area (Å²) in [6.07, 6.45) is 35.6. The van der Waals surface area contributed by atoms with Crippen LogP contribution in [0.15, 0.2) is 0 Å². The van der Waals surface area contributed by atoms with Crippen LogP contribution >= 0.6 is 0 Å². The predicted molar refractivity (Wildman–Crippen MR) is 206 cm³/mol. The third-order valence-electron chi connectivity index (χ3n) is 9.54. The molecule has 0 radical (unpaired) electrons. The Morgan fingerprint density at radius 3 is 1.00 bits per heavy atom. The maximum Gasteiger partial charge on any atom is 0.306 e. The second-order valence-corrected chi connectivity index (χ2v) is 15.1. The molecule has 0 aromatic heterocycles.